The van der Waals surface area contributed by atoms with E-state index in [0.29, 0.717) is 76.9 Å². The quantitative estimate of drug-likeness (QED) is 0.337. The molecule has 0 radical (unpaired) electrons. The molecule has 0 spiro atoms. The molecular formula is C31H35N7O5. The van der Waals surface area contributed by atoms with Crippen LogP contribution in [0.4, 0.5) is 17.8 Å². The zero-order valence-electron chi connectivity index (χ0n) is 24.4. The van der Waals surface area contributed by atoms with Crippen LogP contribution < -0.4 is 19.4 Å². The van der Waals surface area contributed by atoms with Crippen LogP contribution in [0.2, 0.25) is 0 Å². The van der Waals surface area contributed by atoms with Crippen molar-refractivity contribution in [3.8, 4) is 5.75 Å². The second kappa shape index (κ2) is 11.7. The van der Waals surface area contributed by atoms with E-state index < -0.39 is 12.1 Å². The number of nitrogens with zero attached hydrogens (tertiary/aromatic N) is 6. The first kappa shape index (κ1) is 27.4. The maximum Gasteiger partial charge on any atom is 0.328 e. The summed E-state index contributed by atoms with van der Waals surface area (Å²) in [5, 5.41) is 1.09. The van der Waals surface area contributed by atoms with E-state index in [1.807, 2.05) is 41.3 Å². The van der Waals surface area contributed by atoms with Crippen molar-refractivity contribution in [1.82, 2.24) is 19.9 Å². The number of carbonyl (C=O) groups excluding carboxylic acids is 1. The molecule has 3 aliphatic heterocycles. The molecule has 5 heterocycles. The van der Waals surface area contributed by atoms with Crippen LogP contribution in [0.15, 0.2) is 48.5 Å². The normalized spacial score (nSPS) is 20.7. The molecule has 0 amide bonds. The van der Waals surface area contributed by atoms with E-state index in [4.69, 9.17) is 33.9 Å². The maximum absolute atomic E-state index is 13.6. The fourth-order valence-electron chi connectivity index (χ4n) is 6.25. The molecular weight excluding hydrogens is 550 g/mol. The second-order valence-corrected chi connectivity index (χ2v) is 10.8. The summed E-state index contributed by atoms with van der Waals surface area (Å²) in [7, 11) is 3.08. The predicted molar refractivity (Wildman–Crippen MR) is 161 cm³/mol. The van der Waals surface area contributed by atoms with Gasteiger partial charge < -0.3 is 38.6 Å². The number of H-pyrrole nitrogens is 1. The number of hydrogen-bond acceptors (Lipinski definition) is 11. The fourth-order valence-corrected chi connectivity index (χ4v) is 6.25. The van der Waals surface area contributed by atoms with E-state index in [9.17, 15) is 4.79 Å². The lowest BCUT2D eigenvalue weighted by Crippen LogP contribution is -2.50. The van der Waals surface area contributed by atoms with Crippen LogP contribution in [-0.2, 0) is 25.4 Å². The van der Waals surface area contributed by atoms with Crippen molar-refractivity contribution in [2.45, 2.75) is 18.5 Å². The summed E-state index contributed by atoms with van der Waals surface area (Å²) in [6, 6.07) is 15.0. The second-order valence-electron chi connectivity index (χ2n) is 10.8. The number of anilines is 3. The summed E-state index contributed by atoms with van der Waals surface area (Å²) in [5.41, 5.74) is 4.05. The summed E-state index contributed by atoms with van der Waals surface area (Å²) < 4.78 is 22.1. The number of hydrogen-bond donors (Lipinski definition) is 1. The number of rotatable bonds is 6. The Morgan fingerprint density at radius 3 is 2.05 bits per heavy atom. The molecule has 0 saturated carbocycles. The number of ether oxygens (including phenoxy) is 4. The molecule has 2 saturated heterocycles. The van der Waals surface area contributed by atoms with Gasteiger partial charge in [0.1, 0.15) is 11.8 Å². The standard InChI is InChI=1S/C31H35N7O5/c1-40-21-9-7-20(8-10-21)27-26-23(22-5-3-4-6-24(22)32-26)19-25(28(39)41-2)38(27)31-34-29(36-11-15-42-16-12-36)33-30(35-31)37-13-17-43-18-14-37/h3-10,25,27,32H,11-19H2,1-2H3/t25-,27+/m0/s1. The van der Waals surface area contributed by atoms with Gasteiger partial charge in [-0.1, -0.05) is 30.3 Å². The average molecular weight is 586 g/mol. The molecule has 3 aliphatic rings. The highest BCUT2D eigenvalue weighted by molar-refractivity contribution is 5.89. The number of fused-ring (bicyclic) bond motifs is 3. The minimum absolute atomic E-state index is 0.351. The van der Waals surface area contributed by atoms with Crippen molar-refractivity contribution < 1.29 is 23.7 Å². The Hall–Kier alpha value is -4.42. The number of aromatic amines is 1. The first-order valence-corrected chi connectivity index (χ1v) is 14.7. The van der Waals surface area contributed by atoms with Gasteiger partial charge in [0, 0.05) is 49.2 Å². The number of para-hydroxylation sites is 1. The lowest BCUT2D eigenvalue weighted by atomic mass is 9.88. The van der Waals surface area contributed by atoms with Crippen molar-refractivity contribution >= 4 is 34.7 Å². The summed E-state index contributed by atoms with van der Waals surface area (Å²) in [6.07, 6.45) is 0.435. The van der Waals surface area contributed by atoms with Crippen molar-refractivity contribution in [2.24, 2.45) is 0 Å². The number of aromatic nitrogens is 4. The van der Waals surface area contributed by atoms with E-state index in [-0.39, 0.29) is 5.97 Å². The summed E-state index contributed by atoms with van der Waals surface area (Å²) in [6.45, 7) is 5.04. The third-order valence-electron chi connectivity index (χ3n) is 8.46. The zero-order valence-corrected chi connectivity index (χ0v) is 24.4. The van der Waals surface area contributed by atoms with Gasteiger partial charge >= 0.3 is 5.97 Å². The highest BCUT2D eigenvalue weighted by Crippen LogP contribution is 2.43. The number of nitrogens with one attached hydrogen (secondary N) is 1. The van der Waals surface area contributed by atoms with Crippen LogP contribution in [-0.4, -0.2) is 98.8 Å². The van der Waals surface area contributed by atoms with E-state index in [2.05, 4.69) is 26.9 Å². The highest BCUT2D eigenvalue weighted by atomic mass is 16.5. The van der Waals surface area contributed by atoms with Crippen LogP contribution in [0, 0.1) is 0 Å². The summed E-state index contributed by atoms with van der Waals surface area (Å²) in [4.78, 5) is 38.6. The molecule has 2 aromatic carbocycles. The SMILES string of the molecule is COC(=O)[C@@H]1Cc2c([nH]c3ccccc23)[C@@H](c2ccc(OC)cc2)N1c1nc(N2CCOCC2)nc(N2CCOCC2)n1. The van der Waals surface area contributed by atoms with Gasteiger partial charge in [0.05, 0.1) is 46.7 Å². The molecule has 7 rings (SSSR count). The lowest BCUT2D eigenvalue weighted by molar-refractivity contribution is -0.142. The number of esters is 1. The topological polar surface area (TPSA) is 118 Å². The molecule has 12 nitrogen and oxygen atoms in total. The molecule has 12 heteroatoms. The minimum Gasteiger partial charge on any atom is -0.497 e. The molecule has 2 atom stereocenters. The smallest absolute Gasteiger partial charge is 0.328 e. The molecule has 224 valence electrons. The molecule has 0 bridgehead atoms. The summed E-state index contributed by atoms with van der Waals surface area (Å²) >= 11 is 0. The third kappa shape index (κ3) is 5.10. The Bertz CT molecular complexity index is 1560. The fraction of sp³-hybridized carbons (Fsp3) is 0.419. The monoisotopic (exact) mass is 585 g/mol. The number of benzene rings is 2. The van der Waals surface area contributed by atoms with Gasteiger partial charge in [0.2, 0.25) is 17.8 Å². The van der Waals surface area contributed by atoms with Gasteiger partial charge in [-0.15, -0.1) is 0 Å². The van der Waals surface area contributed by atoms with Crippen LogP contribution in [0.1, 0.15) is 22.9 Å². The zero-order chi connectivity index (χ0) is 29.3. The van der Waals surface area contributed by atoms with Crippen LogP contribution >= 0.6 is 0 Å². The Kier molecular flexibility index (Phi) is 7.45. The Labute approximate surface area is 249 Å². The van der Waals surface area contributed by atoms with Gasteiger partial charge in [-0.25, -0.2) is 4.79 Å². The van der Waals surface area contributed by atoms with Crippen LogP contribution in [0.25, 0.3) is 10.9 Å². The Balaban J connectivity index is 1.44. The van der Waals surface area contributed by atoms with Crippen LogP contribution in [0.3, 0.4) is 0 Å². The van der Waals surface area contributed by atoms with E-state index in [1.165, 1.54) is 7.11 Å². The third-order valence-corrected chi connectivity index (χ3v) is 8.46. The lowest BCUT2D eigenvalue weighted by Gasteiger charge is -2.41. The van der Waals surface area contributed by atoms with Crippen molar-refractivity contribution in [2.75, 3.05) is 81.5 Å². The highest BCUT2D eigenvalue weighted by Gasteiger charge is 2.43. The van der Waals surface area contributed by atoms with Crippen molar-refractivity contribution in [3.63, 3.8) is 0 Å². The number of carbonyl (C=O) groups is 1. The molecule has 1 N–H and O–H groups in total. The summed E-state index contributed by atoms with van der Waals surface area (Å²) in [5.74, 6) is 1.94. The number of methoxy groups -OCH3 is 2. The van der Waals surface area contributed by atoms with Crippen molar-refractivity contribution in [1.29, 1.82) is 0 Å². The largest absolute Gasteiger partial charge is 0.497 e. The molecule has 2 fully saturated rings. The van der Waals surface area contributed by atoms with Gasteiger partial charge in [-0.2, -0.15) is 15.0 Å². The molecule has 4 aromatic rings. The van der Waals surface area contributed by atoms with Gasteiger partial charge in [0.15, 0.2) is 0 Å². The first-order chi connectivity index (χ1) is 21.1. The first-order valence-electron chi connectivity index (χ1n) is 14.7. The Morgan fingerprint density at radius 1 is 0.837 bits per heavy atom. The number of morpholine rings is 2. The molecule has 0 aliphatic carbocycles. The van der Waals surface area contributed by atoms with Gasteiger partial charge in [0.25, 0.3) is 0 Å². The van der Waals surface area contributed by atoms with Crippen molar-refractivity contribution in [3.05, 3.63) is 65.4 Å². The molecule has 2 aromatic heterocycles. The van der Waals surface area contributed by atoms with E-state index >= 15 is 0 Å². The van der Waals surface area contributed by atoms with Gasteiger partial charge in [-0.3, -0.25) is 0 Å². The van der Waals surface area contributed by atoms with Crippen LogP contribution in [0.5, 0.6) is 5.75 Å². The average Bonchev–Trinajstić information content (AvgIpc) is 3.46. The predicted octanol–water partition coefficient (Wildman–Crippen LogP) is 2.73. The maximum atomic E-state index is 13.6. The molecule has 43 heavy (non-hydrogen) atoms. The van der Waals surface area contributed by atoms with E-state index in [1.54, 1.807) is 7.11 Å². The molecule has 0 unspecified atom stereocenters. The Morgan fingerprint density at radius 2 is 1.44 bits per heavy atom. The van der Waals surface area contributed by atoms with Gasteiger partial charge in [-0.05, 0) is 29.3 Å². The minimum atomic E-state index is -0.679. The van der Waals surface area contributed by atoms with E-state index in [0.717, 1.165) is 33.5 Å².